The molecule has 2 aromatic carbocycles. The van der Waals surface area contributed by atoms with Gasteiger partial charge in [-0.05, 0) is 26.7 Å². The van der Waals surface area contributed by atoms with Crippen molar-refractivity contribution in [3.63, 3.8) is 0 Å². The molecule has 2 aromatic rings. The minimum Gasteiger partial charge on any atom is -0.857 e. The molecule has 0 fully saturated rings. The molecule has 0 saturated carbocycles. The van der Waals surface area contributed by atoms with Crippen molar-refractivity contribution >= 4 is 71.0 Å². The first-order valence-corrected chi connectivity index (χ1v) is 9.35. The van der Waals surface area contributed by atoms with Crippen LogP contribution in [0.2, 0.25) is 0 Å². The van der Waals surface area contributed by atoms with Crippen LogP contribution >= 0.6 is 0 Å². The van der Waals surface area contributed by atoms with Crippen molar-refractivity contribution in [1.82, 2.24) is 0 Å². The van der Waals surface area contributed by atoms with Crippen molar-refractivity contribution in [2.24, 2.45) is 20.4 Å². The molecule has 2 atom stereocenters. The summed E-state index contributed by atoms with van der Waals surface area (Å²) in [5.41, 5.74) is 1.83. The van der Waals surface area contributed by atoms with Crippen LogP contribution in [0.5, 0.6) is 0 Å². The molecule has 0 N–H and O–H groups in total. The van der Waals surface area contributed by atoms with E-state index >= 15 is 0 Å². The molecule has 0 aliphatic heterocycles. The Morgan fingerprint density at radius 2 is 0.861 bits per heavy atom. The van der Waals surface area contributed by atoms with E-state index in [-0.39, 0.29) is 90.4 Å². The first-order chi connectivity index (χ1) is 14.4. The molecular formula is C26H38N4O4Sn2. The number of rotatable bonds is 8. The Labute approximate surface area is 250 Å². The molecule has 0 amide bonds. The molecule has 0 saturated heterocycles. The molecule has 10 heteroatoms. The van der Waals surface area contributed by atoms with Gasteiger partial charge in [-0.1, -0.05) is 114 Å². The van der Waals surface area contributed by atoms with E-state index in [1.54, 1.807) is 62.4 Å². The molecular weight excluding hydrogens is 670 g/mol. The summed E-state index contributed by atoms with van der Waals surface area (Å²) in [6.07, 6.45) is -1.99. The Morgan fingerprint density at radius 1 is 0.583 bits per heavy atom. The average molecular weight is 708 g/mol. The number of hydrogen-bond acceptors (Lipinski definition) is 8. The van der Waals surface area contributed by atoms with Crippen LogP contribution in [0.4, 0.5) is 0 Å². The maximum absolute atomic E-state index is 12.1. The van der Waals surface area contributed by atoms with Crippen LogP contribution in [0.15, 0.2) is 81.1 Å². The molecule has 2 unspecified atom stereocenters. The standard InChI is InChI=1S/C22H24N4O4.4CH4.2Sn/c1-15(13-19(27)17-9-5-3-6-10-17)23-25-21(29)22(30)26-24-16(2)14-20(28)18-11-7-4-8-12-18;;;;;;/h3-12,19-20H,13-14H2,1-2H3,(H,25,29)(H,26,30);4*1H4;;/q-2;;;;;2*+2/p-2/b23-15+,24-16+;;;;;;. The van der Waals surface area contributed by atoms with Gasteiger partial charge in [0.25, 0.3) is 0 Å². The third kappa shape index (κ3) is 16.1. The van der Waals surface area contributed by atoms with Gasteiger partial charge in [-0.2, -0.15) is 20.4 Å². The fourth-order valence-corrected chi connectivity index (χ4v) is 2.54. The number of nitrogens with zero attached hydrogens (tertiary/aromatic N) is 4. The Kier molecular flexibility index (Phi) is 29.0. The Balaban J connectivity index is -0.000000534. The van der Waals surface area contributed by atoms with Crippen molar-refractivity contribution < 1.29 is 20.4 Å². The van der Waals surface area contributed by atoms with Gasteiger partial charge in [0.15, 0.2) is 0 Å². The van der Waals surface area contributed by atoms with Gasteiger partial charge >= 0.3 is 47.8 Å². The van der Waals surface area contributed by atoms with E-state index < -0.39 is 24.0 Å². The molecule has 4 radical (unpaired) electrons. The SMILES string of the molecule is C.C.C.C.C/C(CC([O-])c1ccccc1)=N\N=C([O-])C([O-])=N/N=C(\C)CC([O-])c1ccccc1.[Sn+2].[Sn+2]. The Hall–Kier alpha value is -1.76. The van der Waals surface area contributed by atoms with E-state index in [4.69, 9.17) is 0 Å². The minimum atomic E-state index is -1.20. The fraction of sp³-hybridized carbons (Fsp3) is 0.385. The van der Waals surface area contributed by atoms with Gasteiger partial charge in [0.2, 0.25) is 0 Å². The largest absolute Gasteiger partial charge is 2.00 e. The second kappa shape index (κ2) is 23.6. The third-order valence-electron chi connectivity index (χ3n) is 4.11. The first-order valence-electron chi connectivity index (χ1n) is 9.35. The molecule has 0 aliphatic rings. The predicted octanol–water partition coefficient (Wildman–Crippen LogP) is 2.02. The summed E-state index contributed by atoms with van der Waals surface area (Å²) in [5, 5.41) is 61.6. The van der Waals surface area contributed by atoms with E-state index in [1.165, 1.54) is 0 Å². The van der Waals surface area contributed by atoms with Gasteiger partial charge in [-0.25, -0.2) is 0 Å². The quantitative estimate of drug-likeness (QED) is 0.179. The summed E-state index contributed by atoms with van der Waals surface area (Å²) < 4.78 is 0. The number of benzene rings is 2. The molecule has 2 rings (SSSR count). The summed E-state index contributed by atoms with van der Waals surface area (Å²) in [5.74, 6) is -2.40. The third-order valence-corrected chi connectivity index (χ3v) is 4.11. The summed E-state index contributed by atoms with van der Waals surface area (Å²) in [6.45, 7) is 3.10. The van der Waals surface area contributed by atoms with Crippen molar-refractivity contribution in [3.8, 4) is 0 Å². The van der Waals surface area contributed by atoms with Crippen molar-refractivity contribution in [2.75, 3.05) is 0 Å². The summed E-state index contributed by atoms with van der Waals surface area (Å²) in [6, 6.07) is 17.5. The summed E-state index contributed by atoms with van der Waals surface area (Å²) in [7, 11) is 0. The second-order valence-corrected chi connectivity index (χ2v) is 6.69. The van der Waals surface area contributed by atoms with E-state index in [0.29, 0.717) is 22.6 Å². The number of hydrogen-bond donors (Lipinski definition) is 0. The van der Waals surface area contributed by atoms with E-state index in [1.807, 2.05) is 12.1 Å². The van der Waals surface area contributed by atoms with Crippen LogP contribution in [0.3, 0.4) is 0 Å². The smallest absolute Gasteiger partial charge is 0.857 e. The molecule has 8 nitrogen and oxygen atoms in total. The summed E-state index contributed by atoms with van der Waals surface area (Å²) >= 11 is 0. The zero-order valence-corrected chi connectivity index (χ0v) is 23.5. The molecule has 36 heavy (non-hydrogen) atoms. The molecule has 0 spiro atoms. The van der Waals surface area contributed by atoms with E-state index in [0.717, 1.165) is 0 Å². The maximum Gasteiger partial charge on any atom is 2.00 e. The van der Waals surface area contributed by atoms with Crippen molar-refractivity contribution in [1.29, 1.82) is 0 Å². The molecule has 0 heterocycles. The van der Waals surface area contributed by atoms with Crippen LogP contribution in [-0.2, 0) is 0 Å². The zero-order valence-electron chi connectivity index (χ0n) is 17.8. The summed E-state index contributed by atoms with van der Waals surface area (Å²) in [4.78, 5) is 0. The predicted molar refractivity (Wildman–Crippen MR) is 147 cm³/mol. The van der Waals surface area contributed by atoms with Crippen molar-refractivity contribution in [2.45, 2.75) is 68.6 Å². The molecule has 0 aliphatic carbocycles. The Morgan fingerprint density at radius 3 is 1.14 bits per heavy atom. The average Bonchev–Trinajstić information content (AvgIpc) is 2.76. The van der Waals surface area contributed by atoms with Crippen LogP contribution in [0.1, 0.15) is 79.7 Å². The molecule has 0 bridgehead atoms. The molecule has 0 aromatic heterocycles. The van der Waals surface area contributed by atoms with Gasteiger partial charge < -0.3 is 20.4 Å². The van der Waals surface area contributed by atoms with Gasteiger partial charge in [-0.15, -0.1) is 0 Å². The first kappa shape index (κ1) is 44.2. The second-order valence-electron chi connectivity index (χ2n) is 6.69. The zero-order chi connectivity index (χ0) is 21.9. The van der Waals surface area contributed by atoms with Gasteiger partial charge in [0, 0.05) is 23.2 Å². The van der Waals surface area contributed by atoms with Crippen molar-refractivity contribution in [3.05, 3.63) is 71.8 Å². The monoisotopic (exact) mass is 710 g/mol. The van der Waals surface area contributed by atoms with Crippen LogP contribution < -0.4 is 20.4 Å². The van der Waals surface area contributed by atoms with Crippen LogP contribution in [-0.4, -0.2) is 71.0 Å². The van der Waals surface area contributed by atoms with E-state index in [9.17, 15) is 20.4 Å². The van der Waals surface area contributed by atoms with Crippen LogP contribution in [0, 0.1) is 0 Å². The minimum absolute atomic E-state index is 0. The van der Waals surface area contributed by atoms with Gasteiger partial charge in [-0.3, -0.25) is 0 Å². The Bertz CT molecular complexity index is 860. The fourth-order valence-electron chi connectivity index (χ4n) is 2.54. The topological polar surface area (TPSA) is 142 Å². The van der Waals surface area contributed by atoms with E-state index in [2.05, 4.69) is 20.4 Å². The normalized spacial score (nSPS) is 13.1. The maximum atomic E-state index is 12.1. The van der Waals surface area contributed by atoms with Gasteiger partial charge in [0.05, 0.1) is 0 Å². The van der Waals surface area contributed by atoms with Crippen LogP contribution in [0.25, 0.3) is 0 Å². The van der Waals surface area contributed by atoms with Gasteiger partial charge in [0.1, 0.15) is 0 Å². The molecule has 194 valence electrons.